The van der Waals surface area contributed by atoms with E-state index in [1.807, 2.05) is 32.6 Å². The highest BCUT2D eigenvalue weighted by Crippen LogP contribution is 2.38. The van der Waals surface area contributed by atoms with Gasteiger partial charge in [-0.3, -0.25) is 9.78 Å². The summed E-state index contributed by atoms with van der Waals surface area (Å²) in [5, 5.41) is 0.230. The number of pyridine rings is 2. The molecule has 1 aromatic carbocycles. The molecular weight excluding hydrogens is 628 g/mol. The first-order valence-corrected chi connectivity index (χ1v) is 14.8. The van der Waals surface area contributed by atoms with Gasteiger partial charge in [-0.2, -0.15) is 4.98 Å². The number of aromatic nitrogens is 4. The van der Waals surface area contributed by atoms with Gasteiger partial charge in [0, 0.05) is 36.9 Å². The number of benzene rings is 1. The Morgan fingerprint density at radius 3 is 2.50 bits per heavy atom. The van der Waals surface area contributed by atoms with E-state index in [2.05, 4.69) is 26.3 Å². The monoisotopic (exact) mass is 658 g/mol. The van der Waals surface area contributed by atoms with Crippen molar-refractivity contribution in [2.75, 3.05) is 18.0 Å². The number of hydrogen-bond acceptors (Lipinski definition) is 7. The Hall–Kier alpha value is -4.52. The lowest BCUT2D eigenvalue weighted by atomic mass is 10.0. The van der Waals surface area contributed by atoms with Gasteiger partial charge in [0.15, 0.2) is 5.65 Å². The maximum Gasteiger partial charge on any atom is 0.573 e. The van der Waals surface area contributed by atoms with E-state index in [0.717, 1.165) is 18.2 Å². The standard InChI is InChI=1S/C32H31ClF4N6O3/c1-7-25(44)41-14-19(6)42(15-18(41)5)29-22-13-23(33)27(21-12-20(8-9-24(21)34)46-32(35,36)37)39-30(22)43(31(45)40-29)28-17(4)10-11-38-26(28)16(2)3/h7-13,16,18-19H,1,14-15H2,2-6H3/t18-,19+/m1/s1. The SMILES string of the molecule is C=CC(=O)N1C[C@H](C)N(c2nc(=O)n(-c3c(C)ccnc3C(C)C)c3nc(-c4cc(OC(F)(F)F)ccc4F)c(Cl)cc23)C[C@H]1C. The first-order valence-electron chi connectivity index (χ1n) is 14.5. The zero-order chi connectivity index (χ0) is 33.7. The van der Waals surface area contributed by atoms with E-state index in [1.165, 1.54) is 16.7 Å². The molecule has 242 valence electrons. The number of fused-ring (bicyclic) bond motifs is 1. The van der Waals surface area contributed by atoms with Crippen molar-refractivity contribution in [3.8, 4) is 22.7 Å². The normalized spacial score (nSPS) is 17.1. The van der Waals surface area contributed by atoms with E-state index < -0.39 is 23.6 Å². The number of rotatable bonds is 6. The minimum absolute atomic E-state index is 0.0402. The van der Waals surface area contributed by atoms with Gasteiger partial charge in [-0.25, -0.2) is 18.7 Å². The molecule has 1 fully saturated rings. The number of piperazine rings is 1. The van der Waals surface area contributed by atoms with E-state index in [9.17, 15) is 22.8 Å². The molecule has 0 unspecified atom stereocenters. The molecule has 4 heterocycles. The van der Waals surface area contributed by atoms with Crippen LogP contribution >= 0.6 is 11.6 Å². The summed E-state index contributed by atoms with van der Waals surface area (Å²) >= 11 is 6.70. The molecule has 1 saturated heterocycles. The molecule has 0 bridgehead atoms. The van der Waals surface area contributed by atoms with Crippen LogP contribution in [-0.4, -0.2) is 61.9 Å². The van der Waals surface area contributed by atoms with Gasteiger partial charge in [-0.05, 0) is 68.7 Å². The molecule has 0 saturated carbocycles. The van der Waals surface area contributed by atoms with Gasteiger partial charge < -0.3 is 14.5 Å². The van der Waals surface area contributed by atoms with Gasteiger partial charge in [0.2, 0.25) is 5.91 Å². The molecule has 14 heteroatoms. The lowest BCUT2D eigenvalue weighted by molar-refractivity contribution is -0.274. The highest BCUT2D eigenvalue weighted by atomic mass is 35.5. The van der Waals surface area contributed by atoms with Crippen LogP contribution in [0.5, 0.6) is 5.75 Å². The van der Waals surface area contributed by atoms with Crippen molar-refractivity contribution in [1.29, 1.82) is 0 Å². The Morgan fingerprint density at radius 2 is 1.85 bits per heavy atom. The summed E-state index contributed by atoms with van der Waals surface area (Å²) in [5.41, 5.74) is 0.432. The average Bonchev–Trinajstić information content (AvgIpc) is 2.98. The van der Waals surface area contributed by atoms with Crippen LogP contribution in [0.4, 0.5) is 23.4 Å². The molecule has 5 rings (SSSR count). The summed E-state index contributed by atoms with van der Waals surface area (Å²) in [7, 11) is 0. The molecule has 0 radical (unpaired) electrons. The highest BCUT2D eigenvalue weighted by molar-refractivity contribution is 6.34. The molecule has 4 aromatic rings. The fourth-order valence-electron chi connectivity index (χ4n) is 5.73. The van der Waals surface area contributed by atoms with Crippen LogP contribution < -0.4 is 15.3 Å². The van der Waals surface area contributed by atoms with Gasteiger partial charge in [0.1, 0.15) is 17.4 Å². The number of anilines is 1. The van der Waals surface area contributed by atoms with Crippen LogP contribution in [0, 0.1) is 12.7 Å². The predicted molar refractivity (Wildman–Crippen MR) is 167 cm³/mol. The average molecular weight is 659 g/mol. The summed E-state index contributed by atoms with van der Waals surface area (Å²) in [6, 6.07) is 5.12. The van der Waals surface area contributed by atoms with Crippen LogP contribution in [0.2, 0.25) is 5.02 Å². The van der Waals surface area contributed by atoms with E-state index >= 15 is 4.39 Å². The Labute approximate surface area is 267 Å². The second kappa shape index (κ2) is 12.3. The molecular formula is C32H31ClF4N6O3. The van der Waals surface area contributed by atoms with Crippen molar-refractivity contribution >= 4 is 34.4 Å². The van der Waals surface area contributed by atoms with Crippen LogP contribution in [-0.2, 0) is 4.79 Å². The first-order chi connectivity index (χ1) is 21.6. The highest BCUT2D eigenvalue weighted by Gasteiger charge is 2.35. The third-order valence-corrected chi connectivity index (χ3v) is 8.16. The number of amides is 1. The number of aryl methyl sites for hydroxylation is 1. The van der Waals surface area contributed by atoms with Gasteiger partial charge in [-0.15, -0.1) is 13.2 Å². The summed E-state index contributed by atoms with van der Waals surface area (Å²) in [6.07, 6.45) is -2.15. The van der Waals surface area contributed by atoms with Crippen LogP contribution in [0.1, 0.15) is 44.9 Å². The zero-order valence-corrected chi connectivity index (χ0v) is 26.4. The summed E-state index contributed by atoms with van der Waals surface area (Å²) in [5.74, 6) is -1.70. The van der Waals surface area contributed by atoms with E-state index in [0.29, 0.717) is 35.4 Å². The lowest BCUT2D eigenvalue weighted by Gasteiger charge is -2.44. The molecule has 0 spiro atoms. The fourth-order valence-corrected chi connectivity index (χ4v) is 5.98. The fraction of sp³-hybridized carbons (Fsp3) is 0.344. The van der Waals surface area contributed by atoms with Gasteiger partial charge >= 0.3 is 12.1 Å². The number of halogens is 5. The third kappa shape index (κ3) is 6.15. The van der Waals surface area contributed by atoms with E-state index in [4.69, 9.17) is 11.6 Å². The number of alkyl halides is 3. The second-order valence-corrected chi connectivity index (χ2v) is 11.9. The van der Waals surface area contributed by atoms with E-state index in [1.54, 1.807) is 24.1 Å². The molecule has 1 aliphatic rings. The quantitative estimate of drug-likeness (QED) is 0.171. The Bertz CT molecular complexity index is 1910. The molecule has 1 aliphatic heterocycles. The van der Waals surface area contributed by atoms with Crippen molar-refractivity contribution in [3.05, 3.63) is 81.8 Å². The summed E-state index contributed by atoms with van der Waals surface area (Å²) in [4.78, 5) is 43.8. The van der Waals surface area contributed by atoms with Crippen molar-refractivity contribution in [1.82, 2.24) is 24.4 Å². The van der Waals surface area contributed by atoms with Gasteiger partial charge in [0.25, 0.3) is 0 Å². The summed E-state index contributed by atoms with van der Waals surface area (Å²) in [6.45, 7) is 13.5. The first kappa shape index (κ1) is 32.9. The lowest BCUT2D eigenvalue weighted by Crippen LogP contribution is -2.58. The predicted octanol–water partition coefficient (Wildman–Crippen LogP) is 6.58. The summed E-state index contributed by atoms with van der Waals surface area (Å²) < 4.78 is 59.6. The topological polar surface area (TPSA) is 93.5 Å². The minimum Gasteiger partial charge on any atom is -0.406 e. The van der Waals surface area contributed by atoms with Crippen molar-refractivity contribution < 1.29 is 27.1 Å². The molecule has 2 atom stereocenters. The number of carbonyl (C=O) groups excluding carboxylic acids is 1. The van der Waals surface area contributed by atoms with Crippen molar-refractivity contribution in [3.63, 3.8) is 0 Å². The molecule has 1 amide bonds. The molecule has 0 aliphatic carbocycles. The third-order valence-electron chi connectivity index (χ3n) is 7.87. The van der Waals surface area contributed by atoms with E-state index in [-0.39, 0.29) is 51.7 Å². The minimum atomic E-state index is -5.02. The number of carbonyl (C=O) groups is 1. The van der Waals surface area contributed by atoms with Crippen molar-refractivity contribution in [2.45, 2.75) is 59.0 Å². The van der Waals surface area contributed by atoms with Gasteiger partial charge in [-0.1, -0.05) is 32.0 Å². The number of nitrogens with zero attached hydrogens (tertiary/aromatic N) is 6. The molecule has 0 N–H and O–H groups in total. The van der Waals surface area contributed by atoms with Crippen LogP contribution in [0.15, 0.2) is 54.0 Å². The second-order valence-electron chi connectivity index (χ2n) is 11.5. The molecule has 3 aromatic heterocycles. The zero-order valence-electron chi connectivity index (χ0n) is 25.7. The smallest absolute Gasteiger partial charge is 0.406 e. The number of ether oxygens (including phenoxy) is 1. The maximum absolute atomic E-state index is 15.2. The van der Waals surface area contributed by atoms with Gasteiger partial charge in [0.05, 0.1) is 27.5 Å². The number of hydrogen-bond donors (Lipinski definition) is 0. The maximum atomic E-state index is 15.2. The van der Waals surface area contributed by atoms with Crippen LogP contribution in [0.3, 0.4) is 0 Å². The Kier molecular flexibility index (Phi) is 8.82. The van der Waals surface area contributed by atoms with Crippen LogP contribution in [0.25, 0.3) is 28.0 Å². The Balaban J connectivity index is 1.82. The molecule has 46 heavy (non-hydrogen) atoms. The largest absolute Gasteiger partial charge is 0.573 e. The Morgan fingerprint density at radius 1 is 1.13 bits per heavy atom. The van der Waals surface area contributed by atoms with Crippen molar-refractivity contribution in [2.24, 2.45) is 0 Å². The molecule has 9 nitrogen and oxygen atoms in total.